The lowest BCUT2D eigenvalue weighted by Gasteiger charge is -2.20. The Morgan fingerprint density at radius 3 is 2.53 bits per heavy atom. The first-order valence-electron chi connectivity index (χ1n) is 9.33. The van der Waals surface area contributed by atoms with Gasteiger partial charge in [-0.25, -0.2) is 8.42 Å². The second-order valence-electron chi connectivity index (χ2n) is 6.75. The molecular weight excluding hydrogens is 424 g/mol. The summed E-state index contributed by atoms with van der Waals surface area (Å²) in [4.78, 5) is 12.1. The highest BCUT2D eigenvalue weighted by molar-refractivity contribution is 7.92. The van der Waals surface area contributed by atoms with Crippen LogP contribution in [0.3, 0.4) is 0 Å². The molecule has 6 nitrogen and oxygen atoms in total. The predicted molar refractivity (Wildman–Crippen MR) is 117 cm³/mol. The number of anilines is 2. The monoisotopic (exact) mass is 442 g/mol. The highest BCUT2D eigenvalue weighted by Gasteiger charge is 2.31. The fourth-order valence-corrected chi connectivity index (χ4v) is 5.14. The number of hydrogen-bond donors (Lipinski definition) is 1. The van der Waals surface area contributed by atoms with Crippen molar-refractivity contribution in [1.82, 2.24) is 0 Å². The van der Waals surface area contributed by atoms with Crippen LogP contribution in [-0.4, -0.2) is 27.5 Å². The van der Waals surface area contributed by atoms with Gasteiger partial charge in [0.05, 0.1) is 15.6 Å². The molecule has 8 heteroatoms. The Hall–Kier alpha value is -3.03. The highest BCUT2D eigenvalue weighted by Crippen LogP contribution is 2.35. The van der Waals surface area contributed by atoms with Gasteiger partial charge >= 0.3 is 0 Å². The Kier molecular flexibility index (Phi) is 5.65. The minimum Gasteiger partial charge on any atom is -0.482 e. The molecule has 0 bridgehead atoms. The van der Waals surface area contributed by atoms with Crippen molar-refractivity contribution >= 4 is 38.9 Å². The van der Waals surface area contributed by atoms with Crippen molar-refractivity contribution in [1.29, 1.82) is 0 Å². The first kappa shape index (κ1) is 20.3. The maximum absolute atomic E-state index is 13.1. The van der Waals surface area contributed by atoms with Crippen LogP contribution in [0, 0.1) is 0 Å². The molecule has 0 fully saturated rings. The molecule has 0 radical (unpaired) electrons. The van der Waals surface area contributed by atoms with E-state index in [4.69, 9.17) is 16.3 Å². The average Bonchev–Trinajstić information content (AvgIpc) is 3.18. The molecular formula is C22H19ClN2O4S. The van der Waals surface area contributed by atoms with E-state index in [0.717, 1.165) is 5.56 Å². The van der Waals surface area contributed by atoms with Gasteiger partial charge in [-0.3, -0.25) is 9.10 Å². The molecule has 1 N–H and O–H groups in total. The van der Waals surface area contributed by atoms with Gasteiger partial charge in [-0.1, -0.05) is 48.0 Å². The van der Waals surface area contributed by atoms with Crippen LogP contribution < -0.4 is 14.4 Å². The minimum absolute atomic E-state index is 0.0743. The molecule has 0 saturated heterocycles. The normalized spacial score (nSPS) is 13.0. The van der Waals surface area contributed by atoms with Gasteiger partial charge in [0.15, 0.2) is 6.61 Å². The molecule has 0 aliphatic carbocycles. The third-order valence-corrected chi connectivity index (χ3v) is 6.86. The molecule has 0 saturated carbocycles. The second-order valence-corrected chi connectivity index (χ2v) is 9.02. The molecule has 4 rings (SSSR count). The minimum atomic E-state index is -3.75. The van der Waals surface area contributed by atoms with E-state index in [1.54, 1.807) is 18.2 Å². The number of sulfonamides is 1. The van der Waals surface area contributed by atoms with Crippen molar-refractivity contribution in [3.8, 4) is 5.75 Å². The Morgan fingerprint density at radius 2 is 1.77 bits per heavy atom. The van der Waals surface area contributed by atoms with Crippen molar-refractivity contribution in [2.45, 2.75) is 11.3 Å². The van der Waals surface area contributed by atoms with Crippen LogP contribution in [0.1, 0.15) is 5.56 Å². The zero-order chi connectivity index (χ0) is 21.1. The maximum Gasteiger partial charge on any atom is 0.264 e. The fraction of sp³-hybridized carbons (Fsp3) is 0.136. The summed E-state index contributed by atoms with van der Waals surface area (Å²) >= 11 is 6.25. The Morgan fingerprint density at radius 1 is 1.03 bits per heavy atom. The summed E-state index contributed by atoms with van der Waals surface area (Å²) < 4.78 is 33.0. The molecule has 1 aliphatic heterocycles. The van der Waals surface area contributed by atoms with Crippen molar-refractivity contribution in [3.63, 3.8) is 0 Å². The van der Waals surface area contributed by atoms with E-state index in [9.17, 15) is 13.2 Å². The lowest BCUT2D eigenvalue weighted by Crippen LogP contribution is -2.29. The zero-order valence-electron chi connectivity index (χ0n) is 15.9. The van der Waals surface area contributed by atoms with Crippen LogP contribution in [0.4, 0.5) is 11.4 Å². The van der Waals surface area contributed by atoms with Crippen molar-refractivity contribution in [2.24, 2.45) is 0 Å². The number of halogens is 1. The summed E-state index contributed by atoms with van der Waals surface area (Å²) in [7, 11) is -3.75. The molecule has 1 heterocycles. The third kappa shape index (κ3) is 4.13. The van der Waals surface area contributed by atoms with Gasteiger partial charge in [0.2, 0.25) is 0 Å². The van der Waals surface area contributed by atoms with Crippen LogP contribution >= 0.6 is 11.6 Å². The van der Waals surface area contributed by atoms with Gasteiger partial charge in [-0.05, 0) is 48.4 Å². The Bertz CT molecular complexity index is 1180. The summed E-state index contributed by atoms with van der Waals surface area (Å²) in [5.74, 6) is -0.108. The smallest absolute Gasteiger partial charge is 0.264 e. The quantitative estimate of drug-likeness (QED) is 0.623. The SMILES string of the molecule is O=C(COc1ccc(S(=O)(=O)N2CCc3ccccc32)cc1Cl)Nc1ccccc1. The number of ether oxygens (including phenoxy) is 1. The number of amides is 1. The van der Waals surface area contributed by atoms with Crippen LogP contribution in [0.2, 0.25) is 5.02 Å². The summed E-state index contributed by atoms with van der Waals surface area (Å²) in [5, 5.41) is 2.83. The molecule has 0 aromatic heterocycles. The van der Waals surface area contributed by atoms with Gasteiger partial charge in [-0.2, -0.15) is 0 Å². The first-order valence-corrected chi connectivity index (χ1v) is 11.1. The number of nitrogens with one attached hydrogen (secondary N) is 1. The number of rotatable bonds is 6. The number of para-hydroxylation sites is 2. The summed E-state index contributed by atoms with van der Waals surface area (Å²) in [6, 6.07) is 20.7. The molecule has 3 aromatic carbocycles. The standard InChI is InChI=1S/C22H19ClN2O4S/c23-19-14-18(30(27,28)25-13-12-16-6-4-5-9-20(16)25)10-11-21(19)29-15-22(26)24-17-7-2-1-3-8-17/h1-11,14H,12-13,15H2,(H,24,26). The van der Waals surface area contributed by atoms with Gasteiger partial charge in [0.1, 0.15) is 5.75 Å². The third-order valence-electron chi connectivity index (χ3n) is 4.75. The lowest BCUT2D eigenvalue weighted by molar-refractivity contribution is -0.118. The van der Waals surface area contributed by atoms with Gasteiger partial charge in [0.25, 0.3) is 15.9 Å². The molecule has 0 spiro atoms. The van der Waals surface area contributed by atoms with Gasteiger partial charge in [-0.15, -0.1) is 0 Å². The number of carbonyl (C=O) groups is 1. The molecule has 3 aromatic rings. The van der Waals surface area contributed by atoms with Crippen molar-refractivity contribution in [2.75, 3.05) is 22.8 Å². The molecule has 0 unspecified atom stereocenters. The molecule has 0 atom stereocenters. The van der Waals surface area contributed by atoms with Crippen LogP contribution in [-0.2, 0) is 21.2 Å². The highest BCUT2D eigenvalue weighted by atomic mass is 35.5. The van der Waals surface area contributed by atoms with Crippen LogP contribution in [0.25, 0.3) is 0 Å². The van der Waals surface area contributed by atoms with Crippen molar-refractivity contribution < 1.29 is 17.9 Å². The Balaban J connectivity index is 1.46. The Labute approximate surface area is 180 Å². The van der Waals surface area contributed by atoms with E-state index in [1.807, 2.05) is 36.4 Å². The van der Waals surface area contributed by atoms with E-state index < -0.39 is 10.0 Å². The zero-order valence-corrected chi connectivity index (χ0v) is 17.5. The molecule has 154 valence electrons. The summed E-state index contributed by atoms with van der Waals surface area (Å²) in [6.45, 7) is 0.136. The second kappa shape index (κ2) is 8.38. The van der Waals surface area contributed by atoms with Crippen molar-refractivity contribution in [3.05, 3.63) is 83.4 Å². The lowest BCUT2D eigenvalue weighted by atomic mass is 10.2. The number of fused-ring (bicyclic) bond motifs is 1. The maximum atomic E-state index is 13.1. The van der Waals surface area contributed by atoms with E-state index in [2.05, 4.69) is 5.32 Å². The predicted octanol–water partition coefficient (Wildman–Crippen LogP) is 4.11. The molecule has 1 aliphatic rings. The fourth-order valence-electron chi connectivity index (χ4n) is 3.31. The summed E-state index contributed by atoms with van der Waals surface area (Å²) in [6.07, 6.45) is 0.668. The summed E-state index contributed by atoms with van der Waals surface area (Å²) in [5.41, 5.74) is 2.34. The van der Waals surface area contributed by atoms with E-state index >= 15 is 0 Å². The molecule has 30 heavy (non-hydrogen) atoms. The number of carbonyl (C=O) groups excluding carboxylic acids is 1. The number of nitrogens with zero attached hydrogens (tertiary/aromatic N) is 1. The average molecular weight is 443 g/mol. The van der Waals surface area contributed by atoms with E-state index in [0.29, 0.717) is 24.3 Å². The topological polar surface area (TPSA) is 75.7 Å². The first-order chi connectivity index (χ1) is 14.4. The number of hydrogen-bond acceptors (Lipinski definition) is 4. The van der Waals surface area contributed by atoms with Gasteiger partial charge < -0.3 is 10.1 Å². The van der Waals surface area contributed by atoms with Crippen LogP contribution in [0.15, 0.2) is 77.7 Å². The molecule has 1 amide bonds. The number of benzene rings is 3. The largest absolute Gasteiger partial charge is 0.482 e. The van der Waals surface area contributed by atoms with Gasteiger partial charge in [0, 0.05) is 12.2 Å². The van der Waals surface area contributed by atoms with Crippen LogP contribution in [0.5, 0.6) is 5.75 Å². The van der Waals surface area contributed by atoms with E-state index in [1.165, 1.54) is 22.5 Å². The van der Waals surface area contributed by atoms with E-state index in [-0.39, 0.29) is 28.2 Å².